The van der Waals surface area contributed by atoms with Gasteiger partial charge in [0.2, 0.25) is 5.91 Å². The number of hydrogen-bond acceptors (Lipinski definition) is 6. The quantitative estimate of drug-likeness (QED) is 0.626. The van der Waals surface area contributed by atoms with Gasteiger partial charge in [0.1, 0.15) is 18.1 Å². The van der Waals surface area contributed by atoms with Crippen molar-refractivity contribution in [2.75, 3.05) is 57.4 Å². The number of benzene rings is 2. The van der Waals surface area contributed by atoms with Gasteiger partial charge in [-0.1, -0.05) is 0 Å². The van der Waals surface area contributed by atoms with Crippen molar-refractivity contribution in [3.63, 3.8) is 0 Å². The van der Waals surface area contributed by atoms with Crippen LogP contribution in [0.15, 0.2) is 48.5 Å². The first-order chi connectivity index (χ1) is 15.2. The van der Waals surface area contributed by atoms with Crippen LogP contribution >= 0.6 is 0 Å². The zero-order valence-corrected chi connectivity index (χ0v) is 18.0. The van der Waals surface area contributed by atoms with Gasteiger partial charge in [0.05, 0.1) is 31.3 Å². The van der Waals surface area contributed by atoms with Crippen LogP contribution in [0.4, 0.5) is 5.69 Å². The molecule has 1 N–H and O–H groups in total. The van der Waals surface area contributed by atoms with Gasteiger partial charge in [0.15, 0.2) is 0 Å². The largest absolute Gasteiger partial charge is 0.494 e. The summed E-state index contributed by atoms with van der Waals surface area (Å²) in [6, 6.07) is 17.3. The molecule has 1 aliphatic rings. The van der Waals surface area contributed by atoms with Crippen molar-refractivity contribution < 1.29 is 14.3 Å². The molecule has 31 heavy (non-hydrogen) atoms. The van der Waals surface area contributed by atoms with Crippen LogP contribution in [-0.4, -0.2) is 63.3 Å². The van der Waals surface area contributed by atoms with Crippen LogP contribution in [0.1, 0.15) is 18.9 Å². The number of hydrogen-bond donors (Lipinski definition) is 1. The predicted molar refractivity (Wildman–Crippen MR) is 121 cm³/mol. The molecule has 3 rings (SSSR count). The average molecular weight is 423 g/mol. The van der Waals surface area contributed by atoms with Crippen LogP contribution < -0.4 is 19.7 Å². The van der Waals surface area contributed by atoms with Crippen LogP contribution in [0, 0.1) is 11.3 Å². The fourth-order valence-electron chi connectivity index (χ4n) is 3.55. The Kier molecular flexibility index (Phi) is 8.56. The molecule has 7 heteroatoms. The summed E-state index contributed by atoms with van der Waals surface area (Å²) in [6.07, 6.45) is 0.994. The van der Waals surface area contributed by atoms with Crippen molar-refractivity contribution in [3.05, 3.63) is 54.1 Å². The zero-order chi connectivity index (χ0) is 21.9. The molecule has 2 aromatic carbocycles. The van der Waals surface area contributed by atoms with E-state index in [4.69, 9.17) is 14.7 Å². The Hall–Kier alpha value is -3.24. The van der Waals surface area contributed by atoms with Crippen LogP contribution in [0.25, 0.3) is 0 Å². The summed E-state index contributed by atoms with van der Waals surface area (Å²) in [5.41, 5.74) is 1.79. The Labute approximate surface area is 184 Å². The van der Waals surface area contributed by atoms with Gasteiger partial charge in [-0.3, -0.25) is 9.69 Å². The first kappa shape index (κ1) is 22.4. The SMILES string of the molecule is CCOc1ccc(OCCNC(=O)CN2CCCN(c3ccc(C#N)cc3)CC2)cc1. The molecule has 0 aromatic heterocycles. The molecule has 1 aliphatic heterocycles. The summed E-state index contributed by atoms with van der Waals surface area (Å²) in [5.74, 6) is 1.59. The number of ether oxygens (including phenoxy) is 2. The van der Waals surface area contributed by atoms with E-state index in [-0.39, 0.29) is 5.91 Å². The van der Waals surface area contributed by atoms with E-state index in [9.17, 15) is 4.79 Å². The molecule has 0 saturated carbocycles. The Morgan fingerprint density at radius 3 is 2.39 bits per heavy atom. The highest BCUT2D eigenvalue weighted by molar-refractivity contribution is 5.78. The van der Waals surface area contributed by atoms with Gasteiger partial charge in [0.25, 0.3) is 0 Å². The molecule has 1 saturated heterocycles. The summed E-state index contributed by atoms with van der Waals surface area (Å²) < 4.78 is 11.1. The molecule has 7 nitrogen and oxygen atoms in total. The third-order valence-corrected chi connectivity index (χ3v) is 5.14. The second-order valence-corrected chi connectivity index (χ2v) is 7.38. The van der Waals surface area contributed by atoms with E-state index in [0.717, 1.165) is 49.8 Å². The van der Waals surface area contributed by atoms with E-state index in [1.54, 1.807) is 0 Å². The molecule has 1 amide bonds. The van der Waals surface area contributed by atoms with Crippen LogP contribution in [0.2, 0.25) is 0 Å². The molecule has 0 spiro atoms. The highest BCUT2D eigenvalue weighted by Gasteiger charge is 2.17. The molecule has 0 bridgehead atoms. The maximum Gasteiger partial charge on any atom is 0.234 e. The van der Waals surface area contributed by atoms with Gasteiger partial charge in [0, 0.05) is 31.9 Å². The first-order valence-corrected chi connectivity index (χ1v) is 10.8. The van der Waals surface area contributed by atoms with Crippen molar-refractivity contribution in [2.24, 2.45) is 0 Å². The van der Waals surface area contributed by atoms with Crippen LogP contribution in [-0.2, 0) is 4.79 Å². The highest BCUT2D eigenvalue weighted by Crippen LogP contribution is 2.18. The number of amides is 1. The number of nitriles is 1. The van der Waals surface area contributed by atoms with E-state index in [1.165, 1.54) is 0 Å². The first-order valence-electron chi connectivity index (χ1n) is 10.8. The number of carbonyl (C=O) groups excluding carboxylic acids is 1. The predicted octanol–water partition coefficient (Wildman–Crippen LogP) is 2.66. The summed E-state index contributed by atoms with van der Waals surface area (Å²) in [5, 5.41) is 11.9. The minimum atomic E-state index is 0.0158. The molecule has 1 fully saturated rings. The Morgan fingerprint density at radius 2 is 1.71 bits per heavy atom. The van der Waals surface area contributed by atoms with Gasteiger partial charge in [-0.2, -0.15) is 5.26 Å². The van der Waals surface area contributed by atoms with Crippen LogP contribution in [0.3, 0.4) is 0 Å². The standard InChI is InChI=1S/C24H30N4O3/c1-2-30-22-8-10-23(11-9-22)31-17-12-26-24(29)19-27-13-3-14-28(16-15-27)21-6-4-20(18-25)5-7-21/h4-11H,2-3,12-17,19H2,1H3,(H,26,29). The Morgan fingerprint density at radius 1 is 1.00 bits per heavy atom. The molecular weight excluding hydrogens is 392 g/mol. The maximum absolute atomic E-state index is 12.3. The third-order valence-electron chi connectivity index (χ3n) is 5.14. The highest BCUT2D eigenvalue weighted by atomic mass is 16.5. The molecule has 0 aliphatic carbocycles. The van der Waals surface area contributed by atoms with E-state index < -0.39 is 0 Å². The normalized spacial score (nSPS) is 14.4. The third kappa shape index (κ3) is 7.19. The molecule has 0 radical (unpaired) electrons. The molecule has 1 heterocycles. The number of nitrogens with zero attached hydrogens (tertiary/aromatic N) is 3. The average Bonchev–Trinajstić information content (AvgIpc) is 3.03. The maximum atomic E-state index is 12.3. The number of nitrogens with one attached hydrogen (secondary N) is 1. The van der Waals surface area contributed by atoms with Crippen molar-refractivity contribution >= 4 is 11.6 Å². The second kappa shape index (κ2) is 11.8. The lowest BCUT2D eigenvalue weighted by Crippen LogP contribution is -2.40. The summed E-state index contributed by atoms with van der Waals surface area (Å²) >= 11 is 0. The monoisotopic (exact) mass is 422 g/mol. The second-order valence-electron chi connectivity index (χ2n) is 7.38. The number of carbonyl (C=O) groups is 1. The van der Waals surface area contributed by atoms with Crippen molar-refractivity contribution in [3.8, 4) is 17.6 Å². The summed E-state index contributed by atoms with van der Waals surface area (Å²) in [7, 11) is 0. The van der Waals surface area contributed by atoms with E-state index >= 15 is 0 Å². The molecule has 164 valence electrons. The Bertz CT molecular complexity index is 862. The molecule has 0 unspecified atom stereocenters. The van der Waals surface area contributed by atoms with Gasteiger partial charge in [-0.15, -0.1) is 0 Å². The lowest BCUT2D eigenvalue weighted by molar-refractivity contribution is -0.122. The van der Waals surface area contributed by atoms with E-state index in [1.807, 2.05) is 55.5 Å². The number of anilines is 1. The van der Waals surface area contributed by atoms with Gasteiger partial charge in [-0.05, 0) is 61.9 Å². The van der Waals surface area contributed by atoms with Crippen LogP contribution in [0.5, 0.6) is 11.5 Å². The fourth-order valence-corrected chi connectivity index (χ4v) is 3.55. The van der Waals surface area contributed by atoms with Gasteiger partial charge < -0.3 is 19.7 Å². The molecule has 0 atom stereocenters. The molecule has 2 aromatic rings. The van der Waals surface area contributed by atoms with Gasteiger partial charge >= 0.3 is 0 Å². The molecular formula is C24H30N4O3. The lowest BCUT2D eigenvalue weighted by Gasteiger charge is -2.23. The van der Waals surface area contributed by atoms with E-state index in [2.05, 4.69) is 21.2 Å². The van der Waals surface area contributed by atoms with E-state index in [0.29, 0.717) is 31.9 Å². The fraction of sp³-hybridized carbons (Fsp3) is 0.417. The van der Waals surface area contributed by atoms with Gasteiger partial charge in [-0.25, -0.2) is 0 Å². The van der Waals surface area contributed by atoms with Crippen molar-refractivity contribution in [1.82, 2.24) is 10.2 Å². The van der Waals surface area contributed by atoms with Crippen molar-refractivity contribution in [1.29, 1.82) is 5.26 Å². The topological polar surface area (TPSA) is 77.8 Å². The minimum Gasteiger partial charge on any atom is -0.494 e. The zero-order valence-electron chi connectivity index (χ0n) is 18.0. The smallest absolute Gasteiger partial charge is 0.234 e. The Balaban J connectivity index is 1.35. The summed E-state index contributed by atoms with van der Waals surface area (Å²) in [6.45, 7) is 7.40. The van der Waals surface area contributed by atoms with Crippen molar-refractivity contribution in [2.45, 2.75) is 13.3 Å². The summed E-state index contributed by atoms with van der Waals surface area (Å²) in [4.78, 5) is 16.8. The number of rotatable bonds is 9. The lowest BCUT2D eigenvalue weighted by atomic mass is 10.2. The minimum absolute atomic E-state index is 0.0158.